The van der Waals surface area contributed by atoms with Gasteiger partial charge < -0.3 is 20.6 Å². The maximum absolute atomic E-state index is 11.8. The van der Waals surface area contributed by atoms with E-state index in [1.807, 2.05) is 0 Å². The molecule has 1 aliphatic heterocycles. The Morgan fingerprint density at radius 1 is 1.50 bits per heavy atom. The van der Waals surface area contributed by atoms with Crippen molar-refractivity contribution < 1.29 is 19.5 Å². The second kappa shape index (κ2) is 6.48. The highest BCUT2D eigenvalue weighted by Gasteiger charge is 2.35. The van der Waals surface area contributed by atoms with Crippen molar-refractivity contribution in [1.29, 1.82) is 0 Å². The zero-order valence-electron chi connectivity index (χ0n) is 10.3. The van der Waals surface area contributed by atoms with Gasteiger partial charge in [-0.25, -0.2) is 9.59 Å². The number of amides is 3. The van der Waals surface area contributed by atoms with Gasteiger partial charge in [-0.3, -0.25) is 4.79 Å². The first-order valence-electron chi connectivity index (χ1n) is 5.62. The SMILES string of the molecule is CCNC(=O)C(C)NC(=O)N1CSC[C@H]1C(=O)O. The molecule has 1 heterocycles. The van der Waals surface area contributed by atoms with Gasteiger partial charge in [0.15, 0.2) is 0 Å². The second-order valence-electron chi connectivity index (χ2n) is 3.89. The molecule has 1 aliphatic rings. The van der Waals surface area contributed by atoms with E-state index in [0.717, 1.165) is 0 Å². The van der Waals surface area contributed by atoms with Crippen molar-refractivity contribution in [2.75, 3.05) is 18.2 Å². The molecule has 102 valence electrons. The van der Waals surface area contributed by atoms with Gasteiger partial charge in [0.05, 0.1) is 5.88 Å². The van der Waals surface area contributed by atoms with Gasteiger partial charge in [0.2, 0.25) is 5.91 Å². The van der Waals surface area contributed by atoms with E-state index < -0.39 is 24.1 Å². The van der Waals surface area contributed by atoms with Crippen molar-refractivity contribution >= 4 is 29.7 Å². The molecular weight excluding hydrogens is 258 g/mol. The van der Waals surface area contributed by atoms with Crippen molar-refractivity contribution in [2.45, 2.75) is 25.9 Å². The number of carbonyl (C=O) groups excluding carboxylic acids is 2. The van der Waals surface area contributed by atoms with E-state index in [2.05, 4.69) is 10.6 Å². The molecule has 3 amide bonds. The van der Waals surface area contributed by atoms with Crippen LogP contribution in [-0.4, -0.2) is 58.2 Å². The Morgan fingerprint density at radius 2 is 2.17 bits per heavy atom. The van der Waals surface area contributed by atoms with Crippen LogP contribution in [0.25, 0.3) is 0 Å². The third kappa shape index (κ3) is 3.52. The number of carbonyl (C=O) groups is 3. The lowest BCUT2D eigenvalue weighted by Crippen LogP contribution is -2.52. The molecule has 0 aliphatic carbocycles. The molecule has 7 nitrogen and oxygen atoms in total. The van der Waals surface area contributed by atoms with Crippen molar-refractivity contribution in [2.24, 2.45) is 0 Å². The second-order valence-corrected chi connectivity index (χ2v) is 4.89. The molecule has 0 bridgehead atoms. The number of thioether (sulfide) groups is 1. The largest absolute Gasteiger partial charge is 0.480 e. The third-order valence-electron chi connectivity index (χ3n) is 2.51. The number of rotatable bonds is 4. The molecule has 0 saturated carbocycles. The van der Waals surface area contributed by atoms with Crippen molar-refractivity contribution in [3.8, 4) is 0 Å². The van der Waals surface area contributed by atoms with Crippen LogP contribution in [0.1, 0.15) is 13.8 Å². The number of aliphatic carboxylic acids is 1. The highest BCUT2D eigenvalue weighted by molar-refractivity contribution is 7.99. The molecule has 8 heteroatoms. The van der Waals surface area contributed by atoms with Gasteiger partial charge in [-0.05, 0) is 13.8 Å². The maximum atomic E-state index is 11.8. The number of carboxylic acids is 1. The average molecular weight is 275 g/mol. The highest BCUT2D eigenvalue weighted by Crippen LogP contribution is 2.20. The van der Waals surface area contributed by atoms with Crippen LogP contribution in [-0.2, 0) is 9.59 Å². The zero-order valence-corrected chi connectivity index (χ0v) is 11.1. The van der Waals surface area contributed by atoms with E-state index in [9.17, 15) is 14.4 Å². The van der Waals surface area contributed by atoms with Crippen LogP contribution in [0.3, 0.4) is 0 Å². The Balaban J connectivity index is 2.54. The summed E-state index contributed by atoms with van der Waals surface area (Å²) in [4.78, 5) is 35.4. The number of urea groups is 1. The minimum absolute atomic E-state index is 0.287. The molecule has 0 spiro atoms. The summed E-state index contributed by atoms with van der Waals surface area (Å²) in [6.45, 7) is 3.82. The normalized spacial score (nSPS) is 20.3. The number of hydrogen-bond donors (Lipinski definition) is 3. The molecular formula is C10H17N3O4S. The summed E-state index contributed by atoms with van der Waals surface area (Å²) in [6.07, 6.45) is 0. The van der Waals surface area contributed by atoms with Crippen LogP contribution in [0.5, 0.6) is 0 Å². The van der Waals surface area contributed by atoms with Crippen molar-refractivity contribution in [1.82, 2.24) is 15.5 Å². The van der Waals surface area contributed by atoms with E-state index >= 15 is 0 Å². The highest BCUT2D eigenvalue weighted by atomic mass is 32.2. The smallest absolute Gasteiger partial charge is 0.327 e. The summed E-state index contributed by atoms with van der Waals surface area (Å²) in [5, 5.41) is 14.0. The van der Waals surface area contributed by atoms with E-state index in [1.54, 1.807) is 13.8 Å². The Morgan fingerprint density at radius 3 is 2.72 bits per heavy atom. The fourth-order valence-corrected chi connectivity index (χ4v) is 2.65. The Labute approximate surface area is 109 Å². The number of carboxylic acid groups (broad SMARTS) is 1. The predicted molar refractivity (Wildman–Crippen MR) is 67.3 cm³/mol. The first-order valence-corrected chi connectivity index (χ1v) is 6.78. The average Bonchev–Trinajstić information content (AvgIpc) is 2.78. The van der Waals surface area contributed by atoms with Gasteiger partial charge >= 0.3 is 12.0 Å². The minimum atomic E-state index is -1.03. The van der Waals surface area contributed by atoms with Gasteiger partial charge in [-0.1, -0.05) is 0 Å². The van der Waals surface area contributed by atoms with Crippen LogP contribution in [0.4, 0.5) is 4.79 Å². The molecule has 2 atom stereocenters. The summed E-state index contributed by atoms with van der Waals surface area (Å²) in [7, 11) is 0. The molecule has 18 heavy (non-hydrogen) atoms. The first kappa shape index (κ1) is 14.6. The number of nitrogens with one attached hydrogen (secondary N) is 2. The molecule has 1 unspecified atom stereocenters. The molecule has 0 aromatic carbocycles. The van der Waals surface area contributed by atoms with Gasteiger partial charge in [0, 0.05) is 12.3 Å². The van der Waals surface area contributed by atoms with Crippen LogP contribution in [0.2, 0.25) is 0 Å². The summed E-state index contributed by atoms with van der Waals surface area (Å²) >= 11 is 1.38. The lowest BCUT2D eigenvalue weighted by molar-refractivity contribution is -0.140. The van der Waals surface area contributed by atoms with Crippen LogP contribution >= 0.6 is 11.8 Å². The fraction of sp³-hybridized carbons (Fsp3) is 0.700. The van der Waals surface area contributed by atoms with Gasteiger partial charge in [-0.15, -0.1) is 11.8 Å². The number of nitrogens with zero attached hydrogens (tertiary/aromatic N) is 1. The molecule has 1 rings (SSSR count). The lowest BCUT2D eigenvalue weighted by Gasteiger charge is -2.23. The predicted octanol–water partition coefficient (Wildman–Crippen LogP) is -0.320. The molecule has 0 radical (unpaired) electrons. The van der Waals surface area contributed by atoms with Crippen LogP contribution in [0, 0.1) is 0 Å². The Kier molecular flexibility index (Phi) is 5.26. The van der Waals surface area contributed by atoms with E-state index in [-0.39, 0.29) is 5.91 Å². The standard InChI is InChI=1S/C10H17N3O4S/c1-3-11-8(14)6(2)12-10(17)13-5-18-4-7(13)9(15)16/h6-7H,3-5H2,1-2H3,(H,11,14)(H,12,17)(H,15,16)/t6?,7-/m0/s1. The summed E-state index contributed by atoms with van der Waals surface area (Å²) < 4.78 is 0. The monoisotopic (exact) mass is 275 g/mol. The fourth-order valence-electron chi connectivity index (χ4n) is 1.51. The third-order valence-corrected chi connectivity index (χ3v) is 3.52. The topological polar surface area (TPSA) is 98.7 Å². The zero-order chi connectivity index (χ0) is 13.7. The van der Waals surface area contributed by atoms with Gasteiger partial charge in [0.25, 0.3) is 0 Å². The quantitative estimate of drug-likeness (QED) is 0.653. The van der Waals surface area contributed by atoms with Crippen molar-refractivity contribution in [3.05, 3.63) is 0 Å². The van der Waals surface area contributed by atoms with Crippen LogP contribution in [0.15, 0.2) is 0 Å². The maximum Gasteiger partial charge on any atom is 0.327 e. The van der Waals surface area contributed by atoms with Gasteiger partial charge in [-0.2, -0.15) is 0 Å². The molecule has 3 N–H and O–H groups in total. The first-order chi connectivity index (χ1) is 8.47. The molecule has 0 aromatic rings. The summed E-state index contributed by atoms with van der Waals surface area (Å²) in [5.41, 5.74) is 0. The lowest BCUT2D eigenvalue weighted by atomic mass is 10.3. The van der Waals surface area contributed by atoms with Crippen molar-refractivity contribution in [3.63, 3.8) is 0 Å². The Hall–Kier alpha value is -1.44. The molecule has 0 aromatic heterocycles. The van der Waals surface area contributed by atoms with Crippen LogP contribution < -0.4 is 10.6 Å². The van der Waals surface area contributed by atoms with Gasteiger partial charge in [0.1, 0.15) is 12.1 Å². The number of hydrogen-bond acceptors (Lipinski definition) is 4. The molecule has 1 fully saturated rings. The van der Waals surface area contributed by atoms with E-state index in [0.29, 0.717) is 18.2 Å². The molecule has 1 saturated heterocycles. The number of likely N-dealkylation sites (N-methyl/N-ethyl adjacent to an activating group) is 1. The van der Waals surface area contributed by atoms with E-state index in [4.69, 9.17) is 5.11 Å². The Bertz CT molecular complexity index is 350. The van der Waals surface area contributed by atoms with E-state index in [1.165, 1.54) is 16.7 Å². The minimum Gasteiger partial charge on any atom is -0.480 e. The summed E-state index contributed by atoms with van der Waals surface area (Å²) in [5.74, 6) is -0.617. The summed E-state index contributed by atoms with van der Waals surface area (Å²) in [6, 6.07) is -2.03.